The molecule has 0 bridgehead atoms. The summed E-state index contributed by atoms with van der Waals surface area (Å²) >= 11 is 0. The van der Waals surface area contributed by atoms with Crippen LogP contribution in [0.4, 0.5) is 10.5 Å². The topological polar surface area (TPSA) is 74.2 Å². The van der Waals surface area contributed by atoms with Crippen molar-refractivity contribution in [2.75, 3.05) is 18.5 Å². The molecule has 0 aromatic heterocycles. The Labute approximate surface area is 170 Å². The van der Waals surface area contributed by atoms with E-state index in [1.807, 2.05) is 49.4 Å². The van der Waals surface area contributed by atoms with Gasteiger partial charge in [0.15, 0.2) is 0 Å². The number of amides is 2. The van der Waals surface area contributed by atoms with Crippen LogP contribution in [0.5, 0.6) is 0 Å². The van der Waals surface area contributed by atoms with Gasteiger partial charge in [0.25, 0.3) is 0 Å². The van der Waals surface area contributed by atoms with Crippen LogP contribution >= 0.6 is 0 Å². The Kier molecular flexibility index (Phi) is 5.20. The summed E-state index contributed by atoms with van der Waals surface area (Å²) in [5.74, 6) is 0. The second-order valence-electron chi connectivity index (χ2n) is 7.50. The maximum Gasteiger partial charge on any atom is 0.319 e. The second kappa shape index (κ2) is 7.94. The van der Waals surface area contributed by atoms with Crippen molar-refractivity contribution in [3.8, 4) is 6.07 Å². The van der Waals surface area contributed by atoms with E-state index < -0.39 is 5.54 Å². The minimum atomic E-state index is -0.518. The molecule has 29 heavy (non-hydrogen) atoms. The number of nitrogens with one attached hydrogen (secondary N) is 2. The molecular weight excluding hydrogens is 362 g/mol. The zero-order valence-corrected chi connectivity index (χ0v) is 16.4. The van der Waals surface area contributed by atoms with Gasteiger partial charge in [0.05, 0.1) is 22.9 Å². The largest absolute Gasteiger partial charge is 0.381 e. The lowest BCUT2D eigenvalue weighted by molar-refractivity contribution is 0.0418. The zero-order valence-electron chi connectivity index (χ0n) is 16.4. The van der Waals surface area contributed by atoms with Gasteiger partial charge < -0.3 is 15.4 Å². The molecule has 4 rings (SSSR count). The van der Waals surface area contributed by atoms with E-state index in [-0.39, 0.29) is 6.03 Å². The van der Waals surface area contributed by atoms with Crippen molar-refractivity contribution in [1.82, 2.24) is 5.32 Å². The first-order valence-electron chi connectivity index (χ1n) is 9.77. The predicted molar refractivity (Wildman–Crippen MR) is 114 cm³/mol. The highest BCUT2D eigenvalue weighted by Gasteiger charge is 2.36. The van der Waals surface area contributed by atoms with Gasteiger partial charge in [-0.3, -0.25) is 0 Å². The highest BCUT2D eigenvalue weighted by Crippen LogP contribution is 2.33. The molecule has 5 nitrogen and oxygen atoms in total. The minimum Gasteiger partial charge on any atom is -0.381 e. The number of rotatable bonds is 3. The minimum absolute atomic E-state index is 0.244. The van der Waals surface area contributed by atoms with Crippen molar-refractivity contribution in [1.29, 1.82) is 5.26 Å². The van der Waals surface area contributed by atoms with Crippen LogP contribution in [0.15, 0.2) is 60.7 Å². The standard InChI is InChI=1S/C24H23N3O2/c1-17-14-19-4-2-3-5-21(19)22(15-17)26-23(28)27-24(10-12-29-13-11-24)20-8-6-18(16-25)7-9-20/h2-9,14-15H,10-13H2,1H3,(H2,26,27,28). The monoisotopic (exact) mass is 385 g/mol. The maximum absolute atomic E-state index is 13.0. The number of anilines is 1. The molecule has 1 heterocycles. The van der Waals surface area contributed by atoms with Crippen molar-refractivity contribution in [2.24, 2.45) is 0 Å². The Bertz CT molecular complexity index is 1080. The fourth-order valence-corrected chi connectivity index (χ4v) is 4.00. The van der Waals surface area contributed by atoms with Crippen molar-refractivity contribution in [3.63, 3.8) is 0 Å². The molecular formula is C24H23N3O2. The summed E-state index contributed by atoms with van der Waals surface area (Å²) in [6.07, 6.45) is 1.36. The average molecular weight is 385 g/mol. The van der Waals surface area contributed by atoms with Crippen molar-refractivity contribution in [3.05, 3.63) is 77.4 Å². The predicted octanol–water partition coefficient (Wildman–Crippen LogP) is 4.85. The fourth-order valence-electron chi connectivity index (χ4n) is 4.00. The first-order valence-corrected chi connectivity index (χ1v) is 9.77. The Morgan fingerprint density at radius 1 is 1.07 bits per heavy atom. The van der Waals surface area contributed by atoms with E-state index in [0.29, 0.717) is 31.6 Å². The summed E-state index contributed by atoms with van der Waals surface area (Å²) in [6, 6.07) is 21.4. The molecule has 3 aromatic carbocycles. The van der Waals surface area contributed by atoms with Crippen LogP contribution in [0, 0.1) is 18.3 Å². The number of ether oxygens (including phenoxy) is 1. The van der Waals surface area contributed by atoms with Crippen LogP contribution in [-0.4, -0.2) is 19.2 Å². The van der Waals surface area contributed by atoms with Crippen LogP contribution in [0.1, 0.15) is 29.5 Å². The molecule has 1 saturated heterocycles. The first kappa shape index (κ1) is 19.0. The van der Waals surface area contributed by atoms with E-state index in [9.17, 15) is 4.79 Å². The average Bonchev–Trinajstić information content (AvgIpc) is 2.74. The van der Waals surface area contributed by atoms with E-state index in [2.05, 4.69) is 22.8 Å². The normalized spacial score (nSPS) is 15.4. The number of hydrogen-bond donors (Lipinski definition) is 2. The summed E-state index contributed by atoms with van der Waals surface area (Å²) in [5.41, 5.74) is 2.96. The summed E-state index contributed by atoms with van der Waals surface area (Å²) in [7, 11) is 0. The summed E-state index contributed by atoms with van der Waals surface area (Å²) in [5, 5.41) is 17.4. The summed E-state index contributed by atoms with van der Waals surface area (Å²) < 4.78 is 5.54. The van der Waals surface area contributed by atoms with Gasteiger partial charge in [-0.05, 0) is 54.5 Å². The van der Waals surface area contributed by atoms with Crippen LogP contribution in [-0.2, 0) is 10.3 Å². The molecule has 1 aliphatic rings. The third-order valence-electron chi connectivity index (χ3n) is 5.52. The lowest BCUT2D eigenvalue weighted by Crippen LogP contribution is -2.50. The van der Waals surface area contributed by atoms with Gasteiger partial charge in [-0.2, -0.15) is 5.26 Å². The lowest BCUT2D eigenvalue weighted by atomic mass is 9.82. The number of urea groups is 1. The molecule has 3 aromatic rings. The molecule has 0 radical (unpaired) electrons. The number of carbonyl (C=O) groups excluding carboxylic acids is 1. The Hall–Kier alpha value is -3.36. The van der Waals surface area contributed by atoms with Crippen molar-refractivity contribution in [2.45, 2.75) is 25.3 Å². The number of hydrogen-bond acceptors (Lipinski definition) is 3. The molecule has 0 spiro atoms. The van der Waals surface area contributed by atoms with E-state index >= 15 is 0 Å². The number of carbonyl (C=O) groups is 1. The smallest absolute Gasteiger partial charge is 0.319 e. The summed E-state index contributed by atoms with van der Waals surface area (Å²) in [4.78, 5) is 13.0. The zero-order chi connectivity index (χ0) is 20.3. The third kappa shape index (κ3) is 3.94. The molecule has 2 N–H and O–H groups in total. The van der Waals surface area contributed by atoms with Gasteiger partial charge >= 0.3 is 6.03 Å². The highest BCUT2D eigenvalue weighted by molar-refractivity contribution is 6.02. The van der Waals surface area contributed by atoms with Gasteiger partial charge in [0, 0.05) is 18.6 Å². The Morgan fingerprint density at radius 3 is 2.52 bits per heavy atom. The van der Waals surface area contributed by atoms with Gasteiger partial charge in [0.1, 0.15) is 0 Å². The quantitative estimate of drug-likeness (QED) is 0.677. The van der Waals surface area contributed by atoms with Crippen molar-refractivity contribution < 1.29 is 9.53 Å². The van der Waals surface area contributed by atoms with E-state index in [1.54, 1.807) is 12.1 Å². The second-order valence-corrected chi connectivity index (χ2v) is 7.50. The molecule has 5 heteroatoms. The molecule has 0 saturated carbocycles. The van der Waals surface area contributed by atoms with Crippen molar-refractivity contribution >= 4 is 22.5 Å². The molecule has 2 amide bonds. The molecule has 146 valence electrons. The van der Waals surface area contributed by atoms with Crippen LogP contribution in [0.3, 0.4) is 0 Å². The lowest BCUT2D eigenvalue weighted by Gasteiger charge is -2.38. The SMILES string of the molecule is Cc1cc(NC(=O)NC2(c3ccc(C#N)cc3)CCOCC2)c2ccccc2c1. The number of fused-ring (bicyclic) bond motifs is 1. The van der Waals surface area contributed by atoms with E-state index in [1.165, 1.54) is 0 Å². The van der Waals surface area contributed by atoms with Crippen LogP contribution < -0.4 is 10.6 Å². The van der Waals surface area contributed by atoms with Crippen LogP contribution in [0.2, 0.25) is 0 Å². The fraction of sp³-hybridized carbons (Fsp3) is 0.250. The van der Waals surface area contributed by atoms with Gasteiger partial charge in [-0.1, -0.05) is 42.5 Å². The first-order chi connectivity index (χ1) is 14.1. The van der Waals surface area contributed by atoms with Gasteiger partial charge in [-0.15, -0.1) is 0 Å². The van der Waals surface area contributed by atoms with E-state index in [4.69, 9.17) is 10.00 Å². The van der Waals surface area contributed by atoms with Gasteiger partial charge in [0.2, 0.25) is 0 Å². The molecule has 0 unspecified atom stereocenters. The maximum atomic E-state index is 13.0. The third-order valence-corrected chi connectivity index (χ3v) is 5.52. The highest BCUT2D eigenvalue weighted by atomic mass is 16.5. The molecule has 1 aliphatic heterocycles. The van der Waals surface area contributed by atoms with Crippen LogP contribution in [0.25, 0.3) is 10.8 Å². The number of aryl methyl sites for hydroxylation is 1. The number of nitriles is 1. The number of nitrogens with zero attached hydrogens (tertiary/aromatic N) is 1. The van der Waals surface area contributed by atoms with Gasteiger partial charge in [-0.25, -0.2) is 4.79 Å². The summed E-state index contributed by atoms with van der Waals surface area (Å²) in [6.45, 7) is 3.17. The number of benzene rings is 3. The molecule has 0 aliphatic carbocycles. The molecule has 0 atom stereocenters. The Morgan fingerprint density at radius 2 is 1.79 bits per heavy atom. The molecule has 1 fully saturated rings. The Balaban J connectivity index is 1.62. The van der Waals surface area contributed by atoms with E-state index in [0.717, 1.165) is 27.6 Å².